The van der Waals surface area contributed by atoms with Crippen LogP contribution in [0.2, 0.25) is 0 Å². The highest BCUT2D eigenvalue weighted by Crippen LogP contribution is 2.08. The van der Waals surface area contributed by atoms with Crippen LogP contribution in [0.5, 0.6) is 0 Å². The first-order valence-corrected chi connectivity index (χ1v) is 9.78. The van der Waals surface area contributed by atoms with Crippen molar-refractivity contribution >= 4 is 12.1 Å². The van der Waals surface area contributed by atoms with Gasteiger partial charge in [-0.2, -0.15) is 0 Å². The number of rotatable bonds is 15. The molecule has 7 nitrogen and oxygen atoms in total. The van der Waals surface area contributed by atoms with Gasteiger partial charge in [0.25, 0.3) is 0 Å². The molecule has 0 aliphatic carbocycles. The lowest BCUT2D eigenvalue weighted by atomic mass is 10.2. The molecule has 0 saturated heterocycles. The Labute approximate surface area is 158 Å². The third kappa shape index (κ3) is 11.1. The molecular weight excluding hydrogens is 334 g/mol. The van der Waals surface area contributed by atoms with Gasteiger partial charge in [-0.05, 0) is 38.8 Å². The summed E-state index contributed by atoms with van der Waals surface area (Å²) in [5.41, 5.74) is 0. The Morgan fingerprint density at radius 1 is 1.04 bits per heavy atom. The second kappa shape index (κ2) is 16.8. The molecule has 0 aromatic heterocycles. The summed E-state index contributed by atoms with van der Waals surface area (Å²) >= 11 is 0. The van der Waals surface area contributed by atoms with E-state index in [4.69, 9.17) is 9.84 Å². The summed E-state index contributed by atoms with van der Waals surface area (Å²) in [4.78, 5) is 28.2. The molecule has 0 radical (unpaired) electrons. The summed E-state index contributed by atoms with van der Waals surface area (Å²) in [6.07, 6.45) is 7.13. The van der Waals surface area contributed by atoms with Crippen molar-refractivity contribution in [2.24, 2.45) is 0 Å². The van der Waals surface area contributed by atoms with E-state index in [0.717, 1.165) is 44.9 Å². The molecule has 26 heavy (non-hydrogen) atoms. The van der Waals surface area contributed by atoms with Crippen LogP contribution in [-0.4, -0.2) is 66.4 Å². The van der Waals surface area contributed by atoms with Gasteiger partial charge < -0.3 is 20.1 Å². The SMILES string of the molecule is C=CNC(=O)N(CCCCCCO)C(=O)N(CCCC)CCCOCC. The van der Waals surface area contributed by atoms with Gasteiger partial charge in [-0.1, -0.05) is 32.8 Å². The lowest BCUT2D eigenvalue weighted by molar-refractivity contribution is 0.125. The van der Waals surface area contributed by atoms with Gasteiger partial charge in [0.05, 0.1) is 0 Å². The zero-order valence-electron chi connectivity index (χ0n) is 16.5. The topological polar surface area (TPSA) is 82.1 Å². The van der Waals surface area contributed by atoms with Gasteiger partial charge in [-0.25, -0.2) is 14.5 Å². The summed E-state index contributed by atoms with van der Waals surface area (Å²) in [6, 6.07) is -0.713. The minimum Gasteiger partial charge on any atom is -0.396 e. The number of carbonyl (C=O) groups is 2. The first-order valence-electron chi connectivity index (χ1n) is 9.78. The van der Waals surface area contributed by atoms with Crippen LogP contribution in [0.4, 0.5) is 9.59 Å². The first-order chi connectivity index (χ1) is 12.6. The van der Waals surface area contributed by atoms with Gasteiger partial charge in [0.15, 0.2) is 0 Å². The number of nitrogens with one attached hydrogen (secondary N) is 1. The molecule has 0 aliphatic heterocycles. The third-order valence-corrected chi connectivity index (χ3v) is 3.96. The zero-order valence-corrected chi connectivity index (χ0v) is 16.5. The molecule has 0 spiro atoms. The number of carbonyl (C=O) groups excluding carboxylic acids is 2. The van der Waals surface area contributed by atoms with Crippen LogP contribution in [-0.2, 0) is 4.74 Å². The maximum Gasteiger partial charge on any atom is 0.329 e. The number of aliphatic hydroxyl groups is 1. The second-order valence-electron chi connectivity index (χ2n) is 6.12. The molecule has 0 bridgehead atoms. The summed E-state index contributed by atoms with van der Waals surface area (Å²) in [7, 11) is 0. The average Bonchev–Trinajstić information content (AvgIpc) is 2.63. The van der Waals surface area contributed by atoms with Crippen molar-refractivity contribution in [3.8, 4) is 0 Å². The molecule has 0 atom stereocenters. The van der Waals surface area contributed by atoms with Crippen LogP contribution in [0, 0.1) is 0 Å². The number of ether oxygens (including phenoxy) is 1. The van der Waals surface area contributed by atoms with Crippen LogP contribution < -0.4 is 5.32 Å². The highest BCUT2D eigenvalue weighted by Gasteiger charge is 2.25. The molecule has 0 aromatic rings. The zero-order chi connectivity index (χ0) is 19.6. The highest BCUT2D eigenvalue weighted by atomic mass is 16.5. The van der Waals surface area contributed by atoms with E-state index >= 15 is 0 Å². The first kappa shape index (κ1) is 24.4. The summed E-state index contributed by atoms with van der Waals surface area (Å²) in [5.74, 6) is 0. The molecule has 2 N–H and O–H groups in total. The maximum atomic E-state index is 12.9. The van der Waals surface area contributed by atoms with E-state index in [9.17, 15) is 9.59 Å². The number of imide groups is 1. The summed E-state index contributed by atoms with van der Waals surface area (Å²) in [5, 5.41) is 11.3. The van der Waals surface area contributed by atoms with Crippen LogP contribution in [0.15, 0.2) is 12.8 Å². The van der Waals surface area contributed by atoms with Crippen LogP contribution >= 0.6 is 0 Å². The number of unbranched alkanes of at least 4 members (excludes halogenated alkanes) is 4. The number of aliphatic hydroxyl groups excluding tert-OH is 1. The molecule has 0 unspecified atom stereocenters. The van der Waals surface area contributed by atoms with Crippen molar-refractivity contribution in [2.75, 3.05) is 39.5 Å². The van der Waals surface area contributed by atoms with Gasteiger partial charge >= 0.3 is 12.1 Å². The average molecular weight is 372 g/mol. The Kier molecular flexibility index (Phi) is 15.8. The molecule has 0 rings (SSSR count). The summed E-state index contributed by atoms with van der Waals surface area (Å²) in [6.45, 7) is 10.5. The van der Waals surface area contributed by atoms with Gasteiger partial charge in [-0.3, -0.25) is 0 Å². The van der Waals surface area contributed by atoms with E-state index < -0.39 is 6.03 Å². The third-order valence-electron chi connectivity index (χ3n) is 3.96. The van der Waals surface area contributed by atoms with E-state index in [1.165, 1.54) is 11.1 Å². The van der Waals surface area contributed by atoms with Gasteiger partial charge in [0.1, 0.15) is 0 Å². The Hall–Kier alpha value is -1.60. The van der Waals surface area contributed by atoms with Crippen molar-refractivity contribution in [3.63, 3.8) is 0 Å². The Bertz CT molecular complexity index is 391. The number of nitrogens with zero attached hydrogens (tertiary/aromatic N) is 2. The fourth-order valence-electron chi connectivity index (χ4n) is 2.51. The molecule has 7 heteroatoms. The molecular formula is C19H37N3O4. The number of hydrogen-bond donors (Lipinski definition) is 2. The Balaban J connectivity index is 4.82. The van der Waals surface area contributed by atoms with E-state index in [1.807, 2.05) is 6.92 Å². The highest BCUT2D eigenvalue weighted by molar-refractivity contribution is 5.93. The number of amides is 4. The molecule has 0 aromatic carbocycles. The molecule has 4 amide bonds. The molecule has 0 saturated carbocycles. The molecule has 152 valence electrons. The van der Waals surface area contributed by atoms with Crippen molar-refractivity contribution in [1.29, 1.82) is 0 Å². The van der Waals surface area contributed by atoms with E-state index in [0.29, 0.717) is 32.8 Å². The minimum absolute atomic E-state index is 0.171. The van der Waals surface area contributed by atoms with Crippen molar-refractivity contribution < 1.29 is 19.4 Å². The predicted octanol–water partition coefficient (Wildman–Crippen LogP) is 3.34. The van der Waals surface area contributed by atoms with Crippen LogP contribution in [0.3, 0.4) is 0 Å². The number of urea groups is 2. The maximum absolute atomic E-state index is 12.9. The fourth-order valence-corrected chi connectivity index (χ4v) is 2.51. The lowest BCUT2D eigenvalue weighted by Gasteiger charge is -2.29. The van der Waals surface area contributed by atoms with Crippen LogP contribution in [0.1, 0.15) is 58.8 Å². The van der Waals surface area contributed by atoms with Crippen molar-refractivity contribution in [1.82, 2.24) is 15.1 Å². The number of hydrogen-bond acceptors (Lipinski definition) is 4. The van der Waals surface area contributed by atoms with Crippen molar-refractivity contribution in [3.05, 3.63) is 12.8 Å². The fraction of sp³-hybridized carbons (Fsp3) is 0.789. The monoisotopic (exact) mass is 371 g/mol. The quantitative estimate of drug-likeness (QED) is 0.433. The minimum atomic E-state index is -0.446. The molecule has 0 fully saturated rings. The molecule has 0 heterocycles. The van der Waals surface area contributed by atoms with E-state index in [2.05, 4.69) is 18.8 Å². The second-order valence-corrected chi connectivity index (χ2v) is 6.12. The smallest absolute Gasteiger partial charge is 0.329 e. The van der Waals surface area contributed by atoms with E-state index in [1.54, 1.807) is 4.90 Å². The normalized spacial score (nSPS) is 10.4. The van der Waals surface area contributed by atoms with Crippen molar-refractivity contribution in [2.45, 2.75) is 58.8 Å². The Morgan fingerprint density at radius 3 is 2.35 bits per heavy atom. The van der Waals surface area contributed by atoms with Gasteiger partial charge in [0.2, 0.25) is 0 Å². The predicted molar refractivity (Wildman–Crippen MR) is 104 cm³/mol. The van der Waals surface area contributed by atoms with E-state index in [-0.39, 0.29) is 12.6 Å². The van der Waals surface area contributed by atoms with Crippen LogP contribution in [0.25, 0.3) is 0 Å². The van der Waals surface area contributed by atoms with Gasteiger partial charge in [0, 0.05) is 39.5 Å². The molecule has 0 aliphatic rings. The van der Waals surface area contributed by atoms with Gasteiger partial charge in [-0.15, -0.1) is 0 Å². The standard InChI is InChI=1S/C19H37N3O4/c1-4-7-13-21(14-12-17-26-6-3)19(25)22(18(24)20-5-2)15-10-8-9-11-16-23/h5,23H,2,4,6-17H2,1,3H3,(H,20,24). The largest absolute Gasteiger partial charge is 0.396 e. The lowest BCUT2D eigenvalue weighted by Crippen LogP contribution is -2.50. The summed E-state index contributed by atoms with van der Waals surface area (Å²) < 4.78 is 5.35. The Morgan fingerprint density at radius 2 is 1.73 bits per heavy atom.